The van der Waals surface area contributed by atoms with Crippen molar-refractivity contribution in [3.05, 3.63) is 42.2 Å². The van der Waals surface area contributed by atoms with Crippen LogP contribution in [0.5, 0.6) is 0 Å². The van der Waals surface area contributed by atoms with Crippen molar-refractivity contribution in [3.63, 3.8) is 0 Å². The molecule has 1 aromatic heterocycles. The fourth-order valence-electron chi connectivity index (χ4n) is 2.54. The first kappa shape index (κ1) is 17.3. The third-order valence-electron chi connectivity index (χ3n) is 3.79. The second-order valence-corrected chi connectivity index (χ2v) is 5.69. The fourth-order valence-corrected chi connectivity index (χ4v) is 2.54. The molecule has 2 amide bonds. The summed E-state index contributed by atoms with van der Waals surface area (Å²) >= 11 is 0. The van der Waals surface area contributed by atoms with Crippen molar-refractivity contribution in [2.24, 2.45) is 0 Å². The fraction of sp³-hybridized carbons (Fsp3) is 0.375. The number of aromatic nitrogens is 2. The van der Waals surface area contributed by atoms with E-state index < -0.39 is 17.8 Å². The van der Waals surface area contributed by atoms with Gasteiger partial charge >= 0.3 is 12.2 Å². The van der Waals surface area contributed by atoms with Gasteiger partial charge in [-0.2, -0.15) is 18.3 Å². The predicted molar refractivity (Wildman–Crippen MR) is 84.6 cm³/mol. The number of nitrogens with zero attached hydrogens (tertiary/aromatic N) is 2. The van der Waals surface area contributed by atoms with Crippen LogP contribution in [0.1, 0.15) is 18.4 Å². The van der Waals surface area contributed by atoms with Gasteiger partial charge in [0.1, 0.15) is 0 Å². The molecule has 0 aliphatic carbocycles. The first-order chi connectivity index (χ1) is 11.9. The monoisotopic (exact) mass is 354 g/mol. The molecule has 1 aromatic carbocycles. The smallest absolute Gasteiger partial charge is 0.376 e. The summed E-state index contributed by atoms with van der Waals surface area (Å²) in [5.74, 6) is 0. The molecule has 0 spiro atoms. The van der Waals surface area contributed by atoms with Crippen LogP contribution in [0.3, 0.4) is 0 Å². The summed E-state index contributed by atoms with van der Waals surface area (Å²) in [6.45, 7) is 1.12. The maximum absolute atomic E-state index is 12.8. The lowest BCUT2D eigenvalue weighted by atomic mass is 10.2. The van der Waals surface area contributed by atoms with Crippen molar-refractivity contribution in [3.8, 4) is 5.69 Å². The number of carbonyl (C=O) groups excluding carboxylic acids is 1. The number of hydrogen-bond acceptors (Lipinski definition) is 3. The lowest BCUT2D eigenvalue weighted by Crippen LogP contribution is -2.34. The zero-order valence-corrected chi connectivity index (χ0v) is 13.2. The van der Waals surface area contributed by atoms with Crippen molar-refractivity contribution in [2.75, 3.05) is 18.5 Å². The molecule has 1 fully saturated rings. The number of halogens is 3. The van der Waals surface area contributed by atoms with E-state index in [4.69, 9.17) is 4.74 Å². The van der Waals surface area contributed by atoms with Crippen molar-refractivity contribution in [1.82, 2.24) is 15.1 Å². The molecule has 0 saturated carbocycles. The SMILES string of the molecule is O=C(NC[C@H]1CCCO1)Nc1cnn(-c2cccc(C(F)(F)F)c2)c1. The van der Waals surface area contributed by atoms with E-state index in [0.717, 1.165) is 25.0 Å². The molecule has 1 atom stereocenters. The van der Waals surface area contributed by atoms with E-state index in [1.165, 1.54) is 29.2 Å². The van der Waals surface area contributed by atoms with Crippen LogP contribution < -0.4 is 10.6 Å². The summed E-state index contributed by atoms with van der Waals surface area (Å²) in [6.07, 6.45) is 0.309. The number of amides is 2. The normalized spacial score (nSPS) is 17.5. The summed E-state index contributed by atoms with van der Waals surface area (Å²) in [4.78, 5) is 11.8. The van der Waals surface area contributed by atoms with Gasteiger partial charge in [-0.3, -0.25) is 0 Å². The number of anilines is 1. The number of nitrogens with one attached hydrogen (secondary N) is 2. The number of alkyl halides is 3. The Labute approximate surface area is 142 Å². The number of urea groups is 1. The largest absolute Gasteiger partial charge is 0.416 e. The Hall–Kier alpha value is -2.55. The molecule has 0 bridgehead atoms. The minimum absolute atomic E-state index is 0.0265. The van der Waals surface area contributed by atoms with E-state index in [-0.39, 0.29) is 11.8 Å². The van der Waals surface area contributed by atoms with Crippen molar-refractivity contribution in [1.29, 1.82) is 0 Å². The van der Waals surface area contributed by atoms with Crippen molar-refractivity contribution in [2.45, 2.75) is 25.1 Å². The molecule has 134 valence electrons. The second-order valence-electron chi connectivity index (χ2n) is 5.69. The Balaban J connectivity index is 1.61. The second kappa shape index (κ2) is 7.14. The van der Waals surface area contributed by atoms with E-state index in [2.05, 4.69) is 15.7 Å². The highest BCUT2D eigenvalue weighted by Crippen LogP contribution is 2.30. The molecule has 2 N–H and O–H groups in total. The van der Waals surface area contributed by atoms with Gasteiger partial charge in [-0.15, -0.1) is 0 Å². The van der Waals surface area contributed by atoms with Crippen molar-refractivity contribution < 1.29 is 22.7 Å². The first-order valence-corrected chi connectivity index (χ1v) is 7.80. The van der Waals surface area contributed by atoms with Crippen LogP contribution in [-0.2, 0) is 10.9 Å². The quantitative estimate of drug-likeness (QED) is 0.886. The standard InChI is InChI=1S/C16H17F3N4O2/c17-16(18,19)11-3-1-4-13(7-11)23-10-12(8-21-23)22-15(24)20-9-14-5-2-6-25-14/h1,3-4,7-8,10,14H,2,5-6,9H2,(H2,20,22,24)/t14-/m1/s1. The maximum Gasteiger partial charge on any atom is 0.416 e. The Bertz CT molecular complexity index is 739. The minimum Gasteiger partial charge on any atom is -0.376 e. The van der Waals surface area contributed by atoms with Gasteiger partial charge in [-0.1, -0.05) is 6.07 Å². The molecule has 2 heterocycles. The highest BCUT2D eigenvalue weighted by atomic mass is 19.4. The molecule has 1 saturated heterocycles. The molecule has 9 heteroatoms. The number of ether oxygens (including phenoxy) is 1. The summed E-state index contributed by atoms with van der Waals surface area (Å²) in [7, 11) is 0. The molecule has 1 aliphatic heterocycles. The number of hydrogen-bond donors (Lipinski definition) is 2. The van der Waals surface area contributed by atoms with Crippen LogP contribution in [-0.4, -0.2) is 35.1 Å². The Morgan fingerprint density at radius 3 is 2.96 bits per heavy atom. The van der Waals surface area contributed by atoms with E-state index in [1.54, 1.807) is 0 Å². The summed E-state index contributed by atoms with van der Waals surface area (Å²) in [5.41, 5.74) is -0.130. The third kappa shape index (κ3) is 4.50. The minimum atomic E-state index is -4.42. The Morgan fingerprint density at radius 2 is 2.24 bits per heavy atom. The average Bonchev–Trinajstić information content (AvgIpc) is 3.24. The molecule has 25 heavy (non-hydrogen) atoms. The number of carbonyl (C=O) groups is 1. The van der Waals surface area contributed by atoms with Crippen LogP contribution in [0.4, 0.5) is 23.7 Å². The Kier molecular flexibility index (Phi) is 4.93. The summed E-state index contributed by atoms with van der Waals surface area (Å²) < 4.78 is 45.0. The lowest BCUT2D eigenvalue weighted by molar-refractivity contribution is -0.137. The molecular weight excluding hydrogens is 337 g/mol. The van der Waals surface area contributed by atoms with Crippen LogP contribution in [0.2, 0.25) is 0 Å². The topological polar surface area (TPSA) is 68.2 Å². The molecule has 6 nitrogen and oxygen atoms in total. The van der Waals surface area contributed by atoms with Gasteiger partial charge in [-0.05, 0) is 31.0 Å². The van der Waals surface area contributed by atoms with Gasteiger partial charge in [0.15, 0.2) is 0 Å². The van der Waals surface area contributed by atoms with Gasteiger partial charge in [0.05, 0.1) is 35.4 Å². The van der Waals surface area contributed by atoms with E-state index >= 15 is 0 Å². The molecule has 2 aromatic rings. The maximum atomic E-state index is 12.8. The first-order valence-electron chi connectivity index (χ1n) is 7.80. The van der Waals surface area contributed by atoms with Gasteiger partial charge in [0.25, 0.3) is 0 Å². The lowest BCUT2D eigenvalue weighted by Gasteiger charge is -2.10. The summed E-state index contributed by atoms with van der Waals surface area (Å²) in [5, 5.41) is 9.26. The number of rotatable bonds is 4. The summed E-state index contributed by atoms with van der Waals surface area (Å²) in [6, 6.07) is 4.38. The molecular formula is C16H17F3N4O2. The third-order valence-corrected chi connectivity index (χ3v) is 3.79. The number of benzene rings is 1. The van der Waals surface area contributed by atoms with Crippen molar-refractivity contribution >= 4 is 11.7 Å². The van der Waals surface area contributed by atoms with Gasteiger partial charge < -0.3 is 15.4 Å². The van der Waals surface area contributed by atoms with E-state index in [1.807, 2.05) is 0 Å². The zero-order chi connectivity index (χ0) is 17.9. The van der Waals surface area contributed by atoms with Gasteiger partial charge in [-0.25, -0.2) is 9.48 Å². The molecule has 3 rings (SSSR count). The van der Waals surface area contributed by atoms with E-state index in [0.29, 0.717) is 18.8 Å². The van der Waals surface area contributed by atoms with Crippen LogP contribution in [0.25, 0.3) is 5.69 Å². The highest BCUT2D eigenvalue weighted by molar-refractivity contribution is 5.88. The van der Waals surface area contributed by atoms with Gasteiger partial charge in [0, 0.05) is 13.2 Å². The van der Waals surface area contributed by atoms with E-state index in [9.17, 15) is 18.0 Å². The molecule has 1 aliphatic rings. The molecule has 0 radical (unpaired) electrons. The van der Waals surface area contributed by atoms with Crippen LogP contribution in [0, 0.1) is 0 Å². The Morgan fingerprint density at radius 1 is 1.40 bits per heavy atom. The zero-order valence-electron chi connectivity index (χ0n) is 13.2. The van der Waals surface area contributed by atoms with Crippen LogP contribution in [0.15, 0.2) is 36.7 Å². The highest BCUT2D eigenvalue weighted by Gasteiger charge is 2.30. The van der Waals surface area contributed by atoms with Gasteiger partial charge in [0.2, 0.25) is 0 Å². The predicted octanol–water partition coefficient (Wildman–Crippen LogP) is 3.19. The van der Waals surface area contributed by atoms with Crippen LogP contribution >= 0.6 is 0 Å². The molecule has 0 unspecified atom stereocenters. The average molecular weight is 354 g/mol.